The molecule has 16 heavy (non-hydrogen) atoms. The van der Waals surface area contributed by atoms with Crippen molar-refractivity contribution >= 4 is 5.97 Å². The van der Waals surface area contributed by atoms with Crippen LogP contribution in [0.3, 0.4) is 0 Å². The Bertz CT molecular complexity index is 195. The summed E-state index contributed by atoms with van der Waals surface area (Å²) in [5, 5.41) is 12.3. The van der Waals surface area contributed by atoms with Gasteiger partial charge >= 0.3 is 5.97 Å². The van der Waals surface area contributed by atoms with E-state index in [-0.39, 0.29) is 6.04 Å². The second kappa shape index (κ2) is 8.53. The van der Waals surface area contributed by atoms with Gasteiger partial charge in [0, 0.05) is 13.2 Å². The van der Waals surface area contributed by atoms with Crippen LogP contribution in [-0.4, -0.2) is 36.9 Å². The van der Waals surface area contributed by atoms with Crippen molar-refractivity contribution in [2.24, 2.45) is 5.92 Å². The lowest BCUT2D eigenvalue weighted by molar-refractivity contribution is -0.140. The molecule has 0 aromatic heterocycles. The van der Waals surface area contributed by atoms with Gasteiger partial charge in [-0.1, -0.05) is 33.6 Å². The van der Waals surface area contributed by atoms with Crippen LogP contribution in [0.1, 0.15) is 40.0 Å². The topological polar surface area (TPSA) is 58.6 Å². The third kappa shape index (κ3) is 6.08. The Balaban J connectivity index is 4.26. The average Bonchev–Trinajstić information content (AvgIpc) is 2.21. The highest BCUT2D eigenvalue weighted by molar-refractivity contribution is 5.73. The summed E-state index contributed by atoms with van der Waals surface area (Å²) >= 11 is 0. The average molecular weight is 231 g/mol. The molecule has 2 atom stereocenters. The summed E-state index contributed by atoms with van der Waals surface area (Å²) in [6.45, 7) is 6.74. The molecule has 0 aliphatic rings. The van der Waals surface area contributed by atoms with E-state index in [2.05, 4.69) is 26.1 Å². The molecular formula is C12H25NO3. The number of methoxy groups -OCH3 is 1. The van der Waals surface area contributed by atoms with Gasteiger partial charge in [-0.2, -0.15) is 0 Å². The Morgan fingerprint density at radius 2 is 2.06 bits per heavy atom. The molecule has 0 aromatic carbocycles. The first kappa shape index (κ1) is 15.4. The van der Waals surface area contributed by atoms with Crippen LogP contribution in [0.5, 0.6) is 0 Å². The maximum absolute atomic E-state index is 11.1. The minimum Gasteiger partial charge on any atom is -0.480 e. The number of hydrogen-bond acceptors (Lipinski definition) is 3. The molecule has 4 heteroatoms. The van der Waals surface area contributed by atoms with Crippen LogP contribution < -0.4 is 5.32 Å². The summed E-state index contributed by atoms with van der Waals surface area (Å²) in [6.07, 6.45) is 2.63. The highest BCUT2D eigenvalue weighted by Gasteiger charge is 2.22. The molecule has 4 nitrogen and oxygen atoms in total. The van der Waals surface area contributed by atoms with E-state index in [9.17, 15) is 4.79 Å². The van der Waals surface area contributed by atoms with Gasteiger partial charge in [-0.3, -0.25) is 10.1 Å². The summed E-state index contributed by atoms with van der Waals surface area (Å²) in [4.78, 5) is 11.1. The normalized spacial score (nSPS) is 15.1. The number of unbranched alkanes of at least 4 members (excludes halogenated alkanes) is 1. The largest absolute Gasteiger partial charge is 0.480 e. The van der Waals surface area contributed by atoms with Crippen molar-refractivity contribution in [1.82, 2.24) is 5.32 Å². The zero-order valence-electron chi connectivity index (χ0n) is 10.8. The zero-order chi connectivity index (χ0) is 12.6. The number of aliphatic carboxylic acids is 1. The molecule has 0 heterocycles. The van der Waals surface area contributed by atoms with E-state index in [4.69, 9.17) is 9.84 Å². The predicted molar refractivity (Wildman–Crippen MR) is 64.6 cm³/mol. The second-order valence-electron chi connectivity index (χ2n) is 4.51. The zero-order valence-corrected chi connectivity index (χ0v) is 10.8. The molecule has 0 saturated carbocycles. The van der Waals surface area contributed by atoms with Crippen LogP contribution in [-0.2, 0) is 9.53 Å². The molecule has 0 aliphatic carbocycles. The first-order valence-corrected chi connectivity index (χ1v) is 6.00. The third-order valence-electron chi connectivity index (χ3n) is 2.71. The lowest BCUT2D eigenvalue weighted by Gasteiger charge is -2.25. The fourth-order valence-electron chi connectivity index (χ4n) is 1.56. The van der Waals surface area contributed by atoms with E-state index < -0.39 is 12.0 Å². The highest BCUT2D eigenvalue weighted by atomic mass is 16.5. The maximum atomic E-state index is 11.1. The molecule has 2 unspecified atom stereocenters. The van der Waals surface area contributed by atoms with Gasteiger partial charge in [0.15, 0.2) is 0 Å². The summed E-state index contributed by atoms with van der Waals surface area (Å²) in [7, 11) is 1.64. The Kier molecular flexibility index (Phi) is 8.21. The van der Waals surface area contributed by atoms with Crippen LogP contribution in [0, 0.1) is 5.92 Å². The standard InChI is InChI=1S/C12H25NO3/c1-5-6-7-10(12(14)15)13-11(8-16-4)9(2)3/h9-11,13H,5-8H2,1-4H3,(H,14,15). The summed E-state index contributed by atoms with van der Waals surface area (Å²) < 4.78 is 5.09. The van der Waals surface area contributed by atoms with Crippen LogP contribution in [0.4, 0.5) is 0 Å². The molecule has 0 radical (unpaired) electrons. The lowest BCUT2D eigenvalue weighted by atomic mass is 10.0. The van der Waals surface area contributed by atoms with Gasteiger partial charge in [-0.25, -0.2) is 0 Å². The number of nitrogens with one attached hydrogen (secondary N) is 1. The maximum Gasteiger partial charge on any atom is 0.320 e. The van der Waals surface area contributed by atoms with Crippen molar-refractivity contribution in [2.45, 2.75) is 52.1 Å². The summed E-state index contributed by atoms with van der Waals surface area (Å²) in [6, 6.07) is -0.356. The van der Waals surface area contributed by atoms with Gasteiger partial charge < -0.3 is 9.84 Å². The van der Waals surface area contributed by atoms with Gasteiger partial charge in [0.25, 0.3) is 0 Å². The second-order valence-corrected chi connectivity index (χ2v) is 4.51. The van der Waals surface area contributed by atoms with Gasteiger partial charge in [0.2, 0.25) is 0 Å². The Labute approximate surface area is 98.4 Å². The van der Waals surface area contributed by atoms with Crippen molar-refractivity contribution in [3.63, 3.8) is 0 Å². The van der Waals surface area contributed by atoms with E-state index >= 15 is 0 Å². The number of carboxylic acids is 1. The van der Waals surface area contributed by atoms with Crippen molar-refractivity contribution in [3.05, 3.63) is 0 Å². The van der Waals surface area contributed by atoms with Gasteiger partial charge in [0.05, 0.1) is 6.61 Å². The monoisotopic (exact) mass is 231 g/mol. The van der Waals surface area contributed by atoms with Crippen LogP contribution in [0.25, 0.3) is 0 Å². The first-order valence-electron chi connectivity index (χ1n) is 6.00. The number of hydrogen-bond donors (Lipinski definition) is 2. The minimum atomic E-state index is -0.768. The van der Waals surface area contributed by atoms with Crippen LogP contribution >= 0.6 is 0 Å². The van der Waals surface area contributed by atoms with E-state index in [1.54, 1.807) is 7.11 Å². The van der Waals surface area contributed by atoms with Crippen molar-refractivity contribution in [2.75, 3.05) is 13.7 Å². The number of carbonyl (C=O) groups is 1. The minimum absolute atomic E-state index is 0.1000. The molecule has 2 N–H and O–H groups in total. The highest BCUT2D eigenvalue weighted by Crippen LogP contribution is 2.07. The van der Waals surface area contributed by atoms with E-state index in [1.807, 2.05) is 0 Å². The Morgan fingerprint density at radius 1 is 1.44 bits per heavy atom. The molecule has 0 spiro atoms. The molecule has 0 fully saturated rings. The van der Waals surface area contributed by atoms with E-state index in [0.717, 1.165) is 12.8 Å². The molecule has 96 valence electrons. The fourth-order valence-corrected chi connectivity index (χ4v) is 1.56. The third-order valence-corrected chi connectivity index (χ3v) is 2.71. The summed E-state index contributed by atoms with van der Waals surface area (Å²) in [5.74, 6) is -0.404. The predicted octanol–water partition coefficient (Wildman–Crippen LogP) is 1.89. The fraction of sp³-hybridized carbons (Fsp3) is 0.917. The molecule has 0 amide bonds. The Hall–Kier alpha value is -0.610. The van der Waals surface area contributed by atoms with Gasteiger partial charge in [0.1, 0.15) is 6.04 Å². The molecule has 0 aliphatic heterocycles. The summed E-state index contributed by atoms with van der Waals surface area (Å²) in [5.41, 5.74) is 0. The number of ether oxygens (including phenoxy) is 1. The number of carboxylic acid groups (broad SMARTS) is 1. The Morgan fingerprint density at radius 3 is 2.44 bits per heavy atom. The number of rotatable bonds is 9. The lowest BCUT2D eigenvalue weighted by Crippen LogP contribution is -2.47. The van der Waals surface area contributed by atoms with E-state index in [1.165, 1.54) is 0 Å². The van der Waals surface area contributed by atoms with E-state index in [0.29, 0.717) is 18.9 Å². The smallest absolute Gasteiger partial charge is 0.320 e. The molecule has 0 rings (SSSR count). The van der Waals surface area contributed by atoms with Crippen molar-refractivity contribution in [3.8, 4) is 0 Å². The van der Waals surface area contributed by atoms with Crippen molar-refractivity contribution < 1.29 is 14.6 Å². The van der Waals surface area contributed by atoms with Crippen LogP contribution in [0.2, 0.25) is 0 Å². The van der Waals surface area contributed by atoms with Crippen molar-refractivity contribution in [1.29, 1.82) is 0 Å². The quantitative estimate of drug-likeness (QED) is 0.636. The van der Waals surface area contributed by atoms with Gasteiger partial charge in [-0.15, -0.1) is 0 Å². The van der Waals surface area contributed by atoms with Crippen LogP contribution in [0.15, 0.2) is 0 Å². The molecule has 0 aromatic rings. The SMILES string of the molecule is CCCCC(NC(COC)C(C)C)C(=O)O. The first-order chi connectivity index (χ1) is 7.52. The molecular weight excluding hydrogens is 206 g/mol. The molecule has 0 bridgehead atoms. The van der Waals surface area contributed by atoms with Gasteiger partial charge in [-0.05, 0) is 12.3 Å². The molecule has 0 saturated heterocycles.